The molecular formula is C12H15N5O. The van der Waals surface area contributed by atoms with Crippen molar-refractivity contribution >= 4 is 5.91 Å². The summed E-state index contributed by atoms with van der Waals surface area (Å²) in [7, 11) is 0. The molecule has 1 amide bonds. The summed E-state index contributed by atoms with van der Waals surface area (Å²) in [6, 6.07) is 0.283. The van der Waals surface area contributed by atoms with Gasteiger partial charge in [-0.3, -0.25) is 9.48 Å². The van der Waals surface area contributed by atoms with Gasteiger partial charge in [0, 0.05) is 19.3 Å². The lowest BCUT2D eigenvalue weighted by atomic mass is 10.3. The maximum absolute atomic E-state index is 12.1. The Balaban J connectivity index is 1.70. The predicted octanol–water partition coefficient (Wildman–Crippen LogP) is 1.00. The number of nitrogens with one attached hydrogen (secondary N) is 1. The summed E-state index contributed by atoms with van der Waals surface area (Å²) < 4.78 is 1.95. The van der Waals surface area contributed by atoms with Crippen LogP contribution in [-0.2, 0) is 0 Å². The monoisotopic (exact) mass is 245 g/mol. The fraction of sp³-hybridized carbons (Fsp3) is 0.417. The Labute approximate surface area is 105 Å². The zero-order chi connectivity index (χ0) is 12.5. The summed E-state index contributed by atoms with van der Waals surface area (Å²) in [6.45, 7) is 3.49. The Kier molecular flexibility index (Phi) is 2.62. The fourth-order valence-electron chi connectivity index (χ4n) is 2.32. The second kappa shape index (κ2) is 4.29. The zero-order valence-corrected chi connectivity index (χ0v) is 10.2. The SMILES string of the molecule is Cc1cnn(C2CCN(C(=O)c3cnc[nH]3)C2)c1. The summed E-state index contributed by atoms with van der Waals surface area (Å²) in [5, 5.41) is 4.31. The molecule has 6 heteroatoms. The molecule has 0 bridgehead atoms. The molecule has 3 rings (SSSR count). The lowest BCUT2D eigenvalue weighted by Gasteiger charge is -2.15. The third-order valence-electron chi connectivity index (χ3n) is 3.28. The number of H-pyrrole nitrogens is 1. The number of carbonyl (C=O) groups excluding carboxylic acids is 1. The first-order valence-corrected chi connectivity index (χ1v) is 6.02. The molecule has 1 unspecified atom stereocenters. The maximum Gasteiger partial charge on any atom is 0.271 e. The number of hydrogen-bond donors (Lipinski definition) is 1. The molecule has 18 heavy (non-hydrogen) atoms. The van der Waals surface area contributed by atoms with Gasteiger partial charge >= 0.3 is 0 Å². The van der Waals surface area contributed by atoms with Crippen LogP contribution in [0, 0.1) is 6.92 Å². The van der Waals surface area contributed by atoms with Crippen molar-refractivity contribution in [1.82, 2.24) is 24.6 Å². The first-order valence-electron chi connectivity index (χ1n) is 6.02. The second-order valence-electron chi connectivity index (χ2n) is 4.66. The Morgan fingerprint density at radius 3 is 3.06 bits per heavy atom. The standard InChI is InChI=1S/C12H15N5O/c1-9-4-15-17(6-9)10-2-3-16(7-10)12(18)11-5-13-8-14-11/h4-6,8,10H,2-3,7H2,1H3,(H,13,14). The minimum absolute atomic E-state index is 0.0129. The largest absolute Gasteiger partial charge is 0.341 e. The number of aromatic nitrogens is 4. The molecule has 1 aliphatic heterocycles. The van der Waals surface area contributed by atoms with E-state index in [4.69, 9.17) is 0 Å². The van der Waals surface area contributed by atoms with Gasteiger partial charge in [-0.2, -0.15) is 5.10 Å². The van der Waals surface area contributed by atoms with Crippen molar-refractivity contribution in [2.45, 2.75) is 19.4 Å². The summed E-state index contributed by atoms with van der Waals surface area (Å²) in [5.41, 5.74) is 1.70. The van der Waals surface area contributed by atoms with Crippen molar-refractivity contribution in [2.75, 3.05) is 13.1 Å². The van der Waals surface area contributed by atoms with E-state index in [1.807, 2.05) is 28.9 Å². The Morgan fingerprint density at radius 2 is 2.39 bits per heavy atom. The van der Waals surface area contributed by atoms with Crippen molar-refractivity contribution in [3.63, 3.8) is 0 Å². The number of nitrogens with zero attached hydrogens (tertiary/aromatic N) is 4. The lowest BCUT2D eigenvalue weighted by Crippen LogP contribution is -2.29. The molecular weight excluding hydrogens is 230 g/mol. The van der Waals surface area contributed by atoms with Crippen LogP contribution < -0.4 is 0 Å². The van der Waals surface area contributed by atoms with Crippen LogP contribution in [0.25, 0.3) is 0 Å². The van der Waals surface area contributed by atoms with Gasteiger partial charge in [-0.1, -0.05) is 0 Å². The van der Waals surface area contributed by atoms with Crippen molar-refractivity contribution in [3.8, 4) is 0 Å². The average Bonchev–Trinajstić information content (AvgIpc) is 3.09. The van der Waals surface area contributed by atoms with Gasteiger partial charge in [-0.15, -0.1) is 0 Å². The normalized spacial score (nSPS) is 19.4. The van der Waals surface area contributed by atoms with Gasteiger partial charge < -0.3 is 9.88 Å². The Bertz CT molecular complexity index is 545. The van der Waals surface area contributed by atoms with E-state index >= 15 is 0 Å². The number of imidazole rings is 1. The first kappa shape index (κ1) is 11.0. The molecule has 3 heterocycles. The predicted molar refractivity (Wildman–Crippen MR) is 65.1 cm³/mol. The molecule has 0 aromatic carbocycles. The van der Waals surface area contributed by atoms with Crippen LogP contribution in [-0.4, -0.2) is 43.6 Å². The first-order chi connectivity index (χ1) is 8.74. The van der Waals surface area contributed by atoms with Crippen LogP contribution >= 0.6 is 0 Å². The average molecular weight is 245 g/mol. The van der Waals surface area contributed by atoms with Gasteiger partial charge in [-0.25, -0.2) is 4.98 Å². The van der Waals surface area contributed by atoms with Crippen LogP contribution in [0.3, 0.4) is 0 Å². The van der Waals surface area contributed by atoms with E-state index in [1.54, 1.807) is 6.20 Å². The third-order valence-corrected chi connectivity index (χ3v) is 3.28. The van der Waals surface area contributed by atoms with Crippen molar-refractivity contribution in [1.29, 1.82) is 0 Å². The minimum atomic E-state index is 0.0129. The van der Waals surface area contributed by atoms with Gasteiger partial charge in [0.05, 0.1) is 24.8 Å². The molecule has 2 aromatic heterocycles. The number of rotatable bonds is 2. The van der Waals surface area contributed by atoms with Crippen molar-refractivity contribution in [2.24, 2.45) is 0 Å². The maximum atomic E-state index is 12.1. The van der Waals surface area contributed by atoms with E-state index in [1.165, 1.54) is 6.33 Å². The molecule has 94 valence electrons. The smallest absolute Gasteiger partial charge is 0.271 e. The summed E-state index contributed by atoms with van der Waals surface area (Å²) in [5.74, 6) is 0.0129. The molecule has 1 fully saturated rings. The Hall–Kier alpha value is -2.11. The van der Waals surface area contributed by atoms with E-state index in [-0.39, 0.29) is 11.9 Å². The topological polar surface area (TPSA) is 66.8 Å². The van der Waals surface area contributed by atoms with Crippen LogP contribution in [0.5, 0.6) is 0 Å². The summed E-state index contributed by atoms with van der Waals surface area (Å²) >= 11 is 0. The molecule has 0 aliphatic carbocycles. The van der Waals surface area contributed by atoms with Crippen LogP contribution in [0.15, 0.2) is 24.9 Å². The lowest BCUT2D eigenvalue weighted by molar-refractivity contribution is 0.0782. The fourth-order valence-corrected chi connectivity index (χ4v) is 2.32. The number of aromatic amines is 1. The molecule has 1 aliphatic rings. The second-order valence-corrected chi connectivity index (χ2v) is 4.66. The highest BCUT2D eigenvalue weighted by Gasteiger charge is 2.28. The quantitative estimate of drug-likeness (QED) is 0.858. The zero-order valence-electron chi connectivity index (χ0n) is 10.2. The highest BCUT2D eigenvalue weighted by Crippen LogP contribution is 2.22. The molecule has 2 aromatic rings. The Morgan fingerprint density at radius 1 is 1.50 bits per heavy atom. The number of likely N-dealkylation sites (tertiary alicyclic amines) is 1. The van der Waals surface area contributed by atoms with Gasteiger partial charge in [0.15, 0.2) is 0 Å². The number of hydrogen-bond acceptors (Lipinski definition) is 3. The molecule has 0 spiro atoms. The number of aryl methyl sites for hydroxylation is 1. The molecule has 0 saturated carbocycles. The number of amides is 1. The van der Waals surface area contributed by atoms with Gasteiger partial charge in [0.1, 0.15) is 5.69 Å². The van der Waals surface area contributed by atoms with E-state index in [0.717, 1.165) is 18.5 Å². The molecule has 1 saturated heterocycles. The highest BCUT2D eigenvalue weighted by atomic mass is 16.2. The van der Waals surface area contributed by atoms with Gasteiger partial charge in [0.25, 0.3) is 5.91 Å². The van der Waals surface area contributed by atoms with Gasteiger partial charge in [-0.05, 0) is 18.9 Å². The van der Waals surface area contributed by atoms with Crippen molar-refractivity contribution in [3.05, 3.63) is 36.2 Å². The molecule has 6 nitrogen and oxygen atoms in total. The van der Waals surface area contributed by atoms with Gasteiger partial charge in [0.2, 0.25) is 0 Å². The summed E-state index contributed by atoms with van der Waals surface area (Å²) in [6.07, 6.45) is 7.90. The van der Waals surface area contributed by atoms with Crippen LogP contribution in [0.1, 0.15) is 28.5 Å². The van der Waals surface area contributed by atoms with E-state index in [0.29, 0.717) is 12.2 Å². The van der Waals surface area contributed by atoms with E-state index in [9.17, 15) is 4.79 Å². The van der Waals surface area contributed by atoms with Crippen LogP contribution in [0.4, 0.5) is 0 Å². The van der Waals surface area contributed by atoms with Crippen LogP contribution in [0.2, 0.25) is 0 Å². The molecule has 1 N–H and O–H groups in total. The van der Waals surface area contributed by atoms with Crippen molar-refractivity contribution < 1.29 is 4.79 Å². The molecule has 0 radical (unpaired) electrons. The molecule has 1 atom stereocenters. The summed E-state index contributed by atoms with van der Waals surface area (Å²) in [4.78, 5) is 20.7. The minimum Gasteiger partial charge on any atom is -0.341 e. The van der Waals surface area contributed by atoms with E-state index in [2.05, 4.69) is 15.1 Å². The number of carbonyl (C=O) groups is 1. The highest BCUT2D eigenvalue weighted by molar-refractivity contribution is 5.92. The van der Waals surface area contributed by atoms with E-state index < -0.39 is 0 Å². The third kappa shape index (κ3) is 1.90.